The molecule has 0 atom stereocenters. The van der Waals surface area contributed by atoms with Crippen LogP contribution in [-0.4, -0.2) is 36.1 Å². The minimum absolute atomic E-state index is 0.427. The number of hydrogen-bond acceptors (Lipinski definition) is 3. The van der Waals surface area contributed by atoms with Crippen LogP contribution in [-0.2, 0) is 0 Å². The van der Waals surface area contributed by atoms with Crippen molar-refractivity contribution in [3.8, 4) is 5.75 Å². The number of likely N-dealkylation sites (tertiary alicyclic amines) is 1. The second kappa shape index (κ2) is 7.46. The molecule has 0 unspecified atom stereocenters. The summed E-state index contributed by atoms with van der Waals surface area (Å²) >= 11 is 4.92. The van der Waals surface area contributed by atoms with Crippen LogP contribution in [0.15, 0.2) is 24.3 Å². The van der Waals surface area contributed by atoms with E-state index in [1.165, 1.54) is 32.4 Å². The van der Waals surface area contributed by atoms with E-state index in [2.05, 4.69) is 4.90 Å². The van der Waals surface area contributed by atoms with Crippen molar-refractivity contribution in [2.75, 3.05) is 26.2 Å². The van der Waals surface area contributed by atoms with Crippen LogP contribution in [0.4, 0.5) is 0 Å². The average molecular weight is 278 g/mol. The Morgan fingerprint density at radius 3 is 2.47 bits per heavy atom. The molecule has 0 radical (unpaired) electrons. The van der Waals surface area contributed by atoms with Gasteiger partial charge >= 0.3 is 0 Å². The van der Waals surface area contributed by atoms with Gasteiger partial charge in [0.25, 0.3) is 0 Å². The number of nitrogens with two attached hydrogens (primary N) is 1. The van der Waals surface area contributed by atoms with Crippen molar-refractivity contribution in [3.63, 3.8) is 0 Å². The Bertz CT molecular complexity index is 399. The molecule has 0 aromatic heterocycles. The summed E-state index contributed by atoms with van der Waals surface area (Å²) in [5.41, 5.74) is 6.44. The standard InChI is InChI=1S/C15H22N2OS/c16-15(19)13-5-7-14(8-6-13)18-12-4-11-17-9-2-1-3-10-17/h5-8H,1-4,9-12H2,(H2,16,19). The normalized spacial score (nSPS) is 16.2. The first-order valence-corrected chi connectivity index (χ1v) is 7.41. The molecule has 2 rings (SSSR count). The van der Waals surface area contributed by atoms with Gasteiger partial charge in [-0.3, -0.25) is 0 Å². The first kappa shape index (κ1) is 14.3. The fourth-order valence-electron chi connectivity index (χ4n) is 2.38. The predicted molar refractivity (Wildman–Crippen MR) is 82.7 cm³/mol. The second-order valence-corrected chi connectivity index (χ2v) is 5.43. The molecule has 0 bridgehead atoms. The van der Waals surface area contributed by atoms with Crippen molar-refractivity contribution >= 4 is 17.2 Å². The summed E-state index contributed by atoms with van der Waals surface area (Å²) in [6, 6.07) is 7.66. The molecular weight excluding hydrogens is 256 g/mol. The maximum Gasteiger partial charge on any atom is 0.119 e. The number of hydrogen-bond donors (Lipinski definition) is 1. The van der Waals surface area contributed by atoms with Gasteiger partial charge in [0.05, 0.1) is 6.61 Å². The predicted octanol–water partition coefficient (Wildman–Crippen LogP) is 2.58. The number of ether oxygens (including phenoxy) is 1. The Morgan fingerprint density at radius 2 is 1.84 bits per heavy atom. The van der Waals surface area contributed by atoms with Crippen LogP contribution in [0.25, 0.3) is 0 Å². The van der Waals surface area contributed by atoms with Gasteiger partial charge < -0.3 is 15.4 Å². The largest absolute Gasteiger partial charge is 0.494 e. The maximum absolute atomic E-state index is 5.72. The van der Waals surface area contributed by atoms with E-state index in [1.54, 1.807) is 0 Å². The van der Waals surface area contributed by atoms with Crippen molar-refractivity contribution in [1.82, 2.24) is 4.90 Å². The molecule has 1 aromatic carbocycles. The van der Waals surface area contributed by atoms with Gasteiger partial charge in [-0.25, -0.2) is 0 Å². The molecular formula is C15H22N2OS. The lowest BCUT2D eigenvalue weighted by Crippen LogP contribution is -2.31. The Kier molecular flexibility index (Phi) is 5.61. The Morgan fingerprint density at radius 1 is 1.16 bits per heavy atom. The minimum atomic E-state index is 0.427. The van der Waals surface area contributed by atoms with E-state index in [1.807, 2.05) is 24.3 Å². The summed E-state index contributed by atoms with van der Waals surface area (Å²) in [7, 11) is 0. The van der Waals surface area contributed by atoms with Crippen LogP contribution in [0.1, 0.15) is 31.2 Å². The zero-order chi connectivity index (χ0) is 13.5. The summed E-state index contributed by atoms with van der Waals surface area (Å²) in [4.78, 5) is 2.96. The molecule has 0 aliphatic carbocycles. The fourth-order valence-corrected chi connectivity index (χ4v) is 2.51. The molecule has 4 heteroatoms. The Balaban J connectivity index is 1.66. The van der Waals surface area contributed by atoms with Crippen molar-refractivity contribution in [2.24, 2.45) is 5.73 Å². The van der Waals surface area contributed by atoms with Crippen LogP contribution in [0, 0.1) is 0 Å². The van der Waals surface area contributed by atoms with Crippen molar-refractivity contribution in [2.45, 2.75) is 25.7 Å². The smallest absolute Gasteiger partial charge is 0.119 e. The highest BCUT2D eigenvalue weighted by Gasteiger charge is 2.08. The van der Waals surface area contributed by atoms with Gasteiger partial charge in [0.2, 0.25) is 0 Å². The minimum Gasteiger partial charge on any atom is -0.494 e. The lowest BCUT2D eigenvalue weighted by atomic mass is 10.1. The summed E-state index contributed by atoms with van der Waals surface area (Å²) < 4.78 is 5.72. The molecule has 19 heavy (non-hydrogen) atoms. The maximum atomic E-state index is 5.72. The Labute approximate surface area is 120 Å². The molecule has 2 N–H and O–H groups in total. The lowest BCUT2D eigenvalue weighted by Gasteiger charge is -2.26. The third kappa shape index (κ3) is 4.80. The molecule has 104 valence electrons. The Hall–Kier alpha value is -1.13. The van der Waals surface area contributed by atoms with Crippen LogP contribution < -0.4 is 10.5 Å². The van der Waals surface area contributed by atoms with Gasteiger partial charge in [-0.2, -0.15) is 0 Å². The van der Waals surface area contributed by atoms with Crippen LogP contribution >= 0.6 is 12.2 Å². The molecule has 1 fully saturated rings. The van der Waals surface area contributed by atoms with Gasteiger partial charge in [-0.1, -0.05) is 18.6 Å². The van der Waals surface area contributed by atoms with Crippen LogP contribution in [0.2, 0.25) is 0 Å². The highest BCUT2D eigenvalue weighted by atomic mass is 32.1. The number of benzene rings is 1. The topological polar surface area (TPSA) is 38.5 Å². The van der Waals surface area contributed by atoms with Gasteiger partial charge in [0.1, 0.15) is 10.7 Å². The van der Waals surface area contributed by atoms with E-state index in [0.29, 0.717) is 4.99 Å². The van der Waals surface area contributed by atoms with E-state index in [-0.39, 0.29) is 0 Å². The molecule has 1 saturated heterocycles. The van der Waals surface area contributed by atoms with Gasteiger partial charge in [0.15, 0.2) is 0 Å². The molecule has 3 nitrogen and oxygen atoms in total. The van der Waals surface area contributed by atoms with E-state index in [9.17, 15) is 0 Å². The second-order valence-electron chi connectivity index (χ2n) is 4.99. The number of thiocarbonyl (C=S) groups is 1. The quantitative estimate of drug-likeness (QED) is 0.641. The highest BCUT2D eigenvalue weighted by molar-refractivity contribution is 7.80. The van der Waals surface area contributed by atoms with Gasteiger partial charge in [-0.15, -0.1) is 0 Å². The molecule has 0 saturated carbocycles. The van der Waals surface area contributed by atoms with Gasteiger partial charge in [-0.05, 0) is 56.6 Å². The molecule has 0 spiro atoms. The SMILES string of the molecule is NC(=S)c1ccc(OCCCN2CCCCC2)cc1. The lowest BCUT2D eigenvalue weighted by molar-refractivity contribution is 0.205. The third-order valence-corrected chi connectivity index (χ3v) is 3.71. The third-order valence-electron chi connectivity index (χ3n) is 3.47. The zero-order valence-electron chi connectivity index (χ0n) is 11.3. The zero-order valence-corrected chi connectivity index (χ0v) is 12.1. The molecule has 0 amide bonds. The van der Waals surface area contributed by atoms with Crippen LogP contribution in [0.3, 0.4) is 0 Å². The first-order valence-electron chi connectivity index (χ1n) is 7.01. The van der Waals surface area contributed by atoms with E-state index >= 15 is 0 Å². The van der Waals surface area contributed by atoms with Gasteiger partial charge in [0, 0.05) is 12.1 Å². The monoisotopic (exact) mass is 278 g/mol. The van der Waals surface area contributed by atoms with Crippen molar-refractivity contribution < 1.29 is 4.74 Å². The number of piperidine rings is 1. The average Bonchev–Trinajstić information content (AvgIpc) is 2.45. The van der Waals surface area contributed by atoms with E-state index in [0.717, 1.165) is 30.9 Å². The summed E-state index contributed by atoms with van der Waals surface area (Å²) in [5, 5.41) is 0. The van der Waals surface area contributed by atoms with E-state index < -0.39 is 0 Å². The van der Waals surface area contributed by atoms with E-state index in [4.69, 9.17) is 22.7 Å². The van der Waals surface area contributed by atoms with Crippen molar-refractivity contribution in [1.29, 1.82) is 0 Å². The fraction of sp³-hybridized carbons (Fsp3) is 0.533. The summed E-state index contributed by atoms with van der Waals surface area (Å²) in [5.74, 6) is 0.888. The number of rotatable bonds is 6. The first-order chi connectivity index (χ1) is 9.25. The molecule has 1 aliphatic heterocycles. The van der Waals surface area contributed by atoms with Crippen LogP contribution in [0.5, 0.6) is 5.75 Å². The summed E-state index contributed by atoms with van der Waals surface area (Å²) in [6.07, 6.45) is 5.17. The number of nitrogens with zero attached hydrogens (tertiary/aromatic N) is 1. The molecule has 1 aliphatic rings. The molecule has 1 aromatic rings. The molecule has 1 heterocycles. The highest BCUT2D eigenvalue weighted by Crippen LogP contribution is 2.13. The van der Waals surface area contributed by atoms with Crippen molar-refractivity contribution in [3.05, 3.63) is 29.8 Å². The summed E-state index contributed by atoms with van der Waals surface area (Å²) in [6.45, 7) is 4.42.